The van der Waals surface area contributed by atoms with Crippen LogP contribution in [-0.4, -0.2) is 14.4 Å². The SMILES string of the molecule is CC(C)[Si](OC1C=[C]([Zr]([Cl])[Cl])CC1)(C(C)C)C(C)C. The average molecular weight is 402 g/mol. The van der Waals surface area contributed by atoms with E-state index in [9.17, 15) is 0 Å². The predicted molar refractivity (Wildman–Crippen MR) is 84.9 cm³/mol. The van der Waals surface area contributed by atoms with Crippen LogP contribution in [-0.2, 0) is 23.8 Å². The zero-order valence-electron chi connectivity index (χ0n) is 13.0. The molecule has 0 aromatic heterocycles. The molecule has 0 bridgehead atoms. The van der Waals surface area contributed by atoms with Gasteiger partial charge in [0.15, 0.2) is 0 Å². The summed E-state index contributed by atoms with van der Waals surface area (Å²) in [5.41, 5.74) is 1.90. The summed E-state index contributed by atoms with van der Waals surface area (Å²) >= 11 is -2.20. The molecule has 0 saturated carbocycles. The predicted octanol–water partition coefficient (Wildman–Crippen LogP) is 6.15. The Morgan fingerprint density at radius 1 is 1.11 bits per heavy atom. The van der Waals surface area contributed by atoms with Crippen LogP contribution in [0, 0.1) is 0 Å². The zero-order chi connectivity index (χ0) is 14.8. The molecule has 0 radical (unpaired) electrons. The minimum atomic E-state index is -2.20. The van der Waals surface area contributed by atoms with Crippen LogP contribution < -0.4 is 0 Å². The number of hydrogen-bond acceptors (Lipinski definition) is 1. The Hall–Kier alpha value is 1.38. The fourth-order valence-electron chi connectivity index (χ4n) is 3.61. The monoisotopic (exact) mass is 399 g/mol. The Kier molecular flexibility index (Phi) is 7.36. The van der Waals surface area contributed by atoms with E-state index in [-0.39, 0.29) is 6.10 Å². The van der Waals surface area contributed by atoms with E-state index in [2.05, 4.69) is 47.6 Å². The van der Waals surface area contributed by atoms with Crippen LogP contribution in [0.25, 0.3) is 0 Å². The van der Waals surface area contributed by atoms with Gasteiger partial charge in [0, 0.05) is 0 Å². The van der Waals surface area contributed by atoms with Crippen LogP contribution in [0.3, 0.4) is 0 Å². The van der Waals surface area contributed by atoms with Gasteiger partial charge < -0.3 is 0 Å². The van der Waals surface area contributed by atoms with Gasteiger partial charge in [0.2, 0.25) is 0 Å². The van der Waals surface area contributed by atoms with Crippen LogP contribution >= 0.6 is 17.0 Å². The van der Waals surface area contributed by atoms with E-state index >= 15 is 0 Å². The molecule has 1 aliphatic rings. The van der Waals surface area contributed by atoms with Gasteiger partial charge in [-0.15, -0.1) is 0 Å². The quantitative estimate of drug-likeness (QED) is 0.485. The van der Waals surface area contributed by atoms with Crippen molar-refractivity contribution in [2.45, 2.75) is 77.1 Å². The van der Waals surface area contributed by atoms with Gasteiger partial charge in [0.1, 0.15) is 0 Å². The summed E-state index contributed by atoms with van der Waals surface area (Å²) in [6, 6.07) is 0. The molecule has 1 unspecified atom stereocenters. The Balaban J connectivity index is 2.91. The third-order valence-electron chi connectivity index (χ3n) is 4.39. The van der Waals surface area contributed by atoms with Crippen molar-refractivity contribution in [2.75, 3.05) is 0 Å². The zero-order valence-corrected chi connectivity index (χ0v) is 17.9. The molecule has 0 aromatic rings. The van der Waals surface area contributed by atoms with Gasteiger partial charge in [0.25, 0.3) is 0 Å². The van der Waals surface area contributed by atoms with Gasteiger partial charge in [-0.25, -0.2) is 0 Å². The molecule has 5 heteroatoms. The second kappa shape index (κ2) is 7.58. The summed E-state index contributed by atoms with van der Waals surface area (Å²) in [4.78, 5) is 0. The summed E-state index contributed by atoms with van der Waals surface area (Å²) in [7, 11) is 10.5. The van der Waals surface area contributed by atoms with E-state index in [4.69, 9.17) is 21.5 Å². The Labute approximate surface area is 135 Å². The van der Waals surface area contributed by atoms with Crippen LogP contribution in [0.15, 0.2) is 9.36 Å². The summed E-state index contributed by atoms with van der Waals surface area (Å²) in [6.45, 7) is 14.0. The maximum absolute atomic E-state index is 6.74. The third kappa shape index (κ3) is 4.19. The first kappa shape index (κ1) is 18.4. The molecule has 1 nitrogen and oxygen atoms in total. The number of hydrogen-bond donors (Lipinski definition) is 0. The molecule has 0 N–H and O–H groups in total. The fourth-order valence-corrected chi connectivity index (χ4v) is 12.6. The molecule has 111 valence electrons. The third-order valence-corrected chi connectivity index (χ3v) is 15.6. The summed E-state index contributed by atoms with van der Waals surface area (Å²) in [5.74, 6) is 0. The normalized spacial score (nSPS) is 20.6. The van der Waals surface area contributed by atoms with Crippen LogP contribution in [0.4, 0.5) is 0 Å². The van der Waals surface area contributed by atoms with Gasteiger partial charge in [-0.2, -0.15) is 0 Å². The van der Waals surface area contributed by atoms with Crippen molar-refractivity contribution < 1.29 is 23.8 Å². The molecule has 0 spiro atoms. The summed E-state index contributed by atoms with van der Waals surface area (Å²) < 4.78 is 8.07. The molecule has 0 fully saturated rings. The number of rotatable bonds is 6. The molecule has 1 aliphatic carbocycles. The maximum atomic E-state index is 6.74. The molecule has 1 atom stereocenters. The van der Waals surface area contributed by atoms with Crippen molar-refractivity contribution in [1.82, 2.24) is 0 Å². The number of halogens is 2. The van der Waals surface area contributed by atoms with Crippen molar-refractivity contribution >= 4 is 25.3 Å². The molecule has 19 heavy (non-hydrogen) atoms. The van der Waals surface area contributed by atoms with Gasteiger partial charge in [-0.05, 0) is 0 Å². The second-order valence-corrected chi connectivity index (χ2v) is 20.3. The van der Waals surface area contributed by atoms with Crippen molar-refractivity contribution in [3.8, 4) is 0 Å². The molecule has 0 amide bonds. The molecule has 1 rings (SSSR count). The van der Waals surface area contributed by atoms with Crippen molar-refractivity contribution in [3.05, 3.63) is 9.36 Å². The van der Waals surface area contributed by atoms with Crippen LogP contribution in [0.5, 0.6) is 0 Å². The van der Waals surface area contributed by atoms with Crippen molar-refractivity contribution in [1.29, 1.82) is 0 Å². The van der Waals surface area contributed by atoms with Crippen molar-refractivity contribution in [3.63, 3.8) is 0 Å². The number of allylic oxidation sites excluding steroid dienone is 1. The first-order valence-corrected chi connectivity index (χ1v) is 17.0. The Bertz CT molecular complexity index is 308. The molecular weight excluding hydrogens is 374 g/mol. The Morgan fingerprint density at radius 3 is 1.89 bits per heavy atom. The Morgan fingerprint density at radius 2 is 1.58 bits per heavy atom. The van der Waals surface area contributed by atoms with E-state index in [0.717, 1.165) is 12.8 Å². The summed E-state index contributed by atoms with van der Waals surface area (Å²) in [6.07, 6.45) is 4.66. The first-order valence-electron chi connectivity index (χ1n) is 7.28. The standard InChI is InChI=1S/C14H27OSi.2ClH.Zr/c1-11(2)16(12(3)4,13(5)6)15-14-9-7-8-10-14;;;/h10-14H,7,9H2,1-6H3;2*1H;/q;;;+2/p-2. The van der Waals surface area contributed by atoms with Gasteiger partial charge in [-0.3, -0.25) is 0 Å². The topological polar surface area (TPSA) is 9.23 Å². The van der Waals surface area contributed by atoms with E-state index in [1.165, 1.54) is 3.28 Å². The van der Waals surface area contributed by atoms with Crippen LogP contribution in [0.1, 0.15) is 54.4 Å². The molecule has 0 saturated heterocycles. The van der Waals surface area contributed by atoms with E-state index in [1.807, 2.05) is 0 Å². The van der Waals surface area contributed by atoms with E-state index in [0.29, 0.717) is 16.6 Å². The molecular formula is C14H27Cl2OSiZr. The first-order chi connectivity index (χ1) is 8.71. The molecule has 0 aromatic carbocycles. The van der Waals surface area contributed by atoms with E-state index in [1.54, 1.807) is 0 Å². The van der Waals surface area contributed by atoms with Gasteiger partial charge in [0.05, 0.1) is 0 Å². The average Bonchev–Trinajstić information content (AvgIpc) is 2.72. The van der Waals surface area contributed by atoms with Crippen LogP contribution in [0.2, 0.25) is 16.6 Å². The second-order valence-electron chi connectivity index (χ2n) is 6.46. The minimum absolute atomic E-state index is 0.266. The van der Waals surface area contributed by atoms with Gasteiger partial charge >= 0.3 is 136 Å². The van der Waals surface area contributed by atoms with Crippen molar-refractivity contribution in [2.24, 2.45) is 0 Å². The fraction of sp³-hybridized carbons (Fsp3) is 0.857. The van der Waals surface area contributed by atoms with E-state index < -0.39 is 27.7 Å². The molecule has 0 heterocycles. The van der Waals surface area contributed by atoms with Gasteiger partial charge in [-0.1, -0.05) is 0 Å². The molecule has 0 aliphatic heterocycles. The summed E-state index contributed by atoms with van der Waals surface area (Å²) in [5, 5.41) is 0.